The molecule has 0 aromatic heterocycles. The normalized spacial score (nSPS) is 31.1. The van der Waals surface area contributed by atoms with Crippen LogP contribution in [0.4, 0.5) is 0 Å². The molecule has 0 amide bonds. The predicted octanol–water partition coefficient (Wildman–Crippen LogP) is 4.73. The summed E-state index contributed by atoms with van der Waals surface area (Å²) in [6, 6.07) is 9.92. The summed E-state index contributed by atoms with van der Waals surface area (Å²) >= 11 is 0. The zero-order valence-corrected chi connectivity index (χ0v) is 13.0. The van der Waals surface area contributed by atoms with Crippen LogP contribution in [0.3, 0.4) is 0 Å². The summed E-state index contributed by atoms with van der Waals surface area (Å²) < 4.78 is 5.41. The number of esters is 1. The number of carbonyl (C=O) groups excluding carboxylic acids is 1. The summed E-state index contributed by atoms with van der Waals surface area (Å²) in [5.41, 5.74) is 1.45. The molecule has 21 heavy (non-hydrogen) atoms. The standard InChI is InChI=1S/C19H26O2/c1-19(12-10-16-8-5-9-17(16)19)13-11-18(20)21-14-15-6-3-2-4-7-15/h2-4,6-7,16-17H,5,8-14H2,1H3/t16-,17-,19+/m1/s1. The highest BCUT2D eigenvalue weighted by atomic mass is 16.5. The van der Waals surface area contributed by atoms with Crippen molar-refractivity contribution in [1.82, 2.24) is 0 Å². The molecule has 3 atom stereocenters. The Morgan fingerprint density at radius 2 is 2.05 bits per heavy atom. The molecule has 0 heterocycles. The number of carbonyl (C=O) groups is 1. The third-order valence-corrected chi connectivity index (χ3v) is 5.78. The van der Waals surface area contributed by atoms with Crippen LogP contribution in [0.5, 0.6) is 0 Å². The van der Waals surface area contributed by atoms with Crippen LogP contribution in [0, 0.1) is 17.3 Å². The Morgan fingerprint density at radius 3 is 2.86 bits per heavy atom. The van der Waals surface area contributed by atoms with Gasteiger partial charge in [-0.1, -0.05) is 50.1 Å². The number of fused-ring (bicyclic) bond motifs is 1. The molecule has 0 aliphatic heterocycles. The van der Waals surface area contributed by atoms with Gasteiger partial charge in [-0.2, -0.15) is 0 Å². The van der Waals surface area contributed by atoms with Crippen LogP contribution in [-0.4, -0.2) is 5.97 Å². The second-order valence-corrected chi connectivity index (χ2v) is 7.14. The van der Waals surface area contributed by atoms with E-state index in [2.05, 4.69) is 6.92 Å². The van der Waals surface area contributed by atoms with E-state index in [0.717, 1.165) is 23.8 Å². The Kier molecular flexibility index (Phi) is 4.32. The second-order valence-electron chi connectivity index (χ2n) is 7.14. The lowest BCUT2D eigenvalue weighted by molar-refractivity contribution is -0.145. The van der Waals surface area contributed by atoms with Crippen molar-refractivity contribution in [1.29, 1.82) is 0 Å². The van der Waals surface area contributed by atoms with Gasteiger partial charge in [0.25, 0.3) is 0 Å². The van der Waals surface area contributed by atoms with Crippen LogP contribution in [0.1, 0.15) is 57.4 Å². The highest BCUT2D eigenvalue weighted by Crippen LogP contribution is 2.56. The summed E-state index contributed by atoms with van der Waals surface area (Å²) in [6.07, 6.45) is 8.44. The molecular formula is C19H26O2. The number of rotatable bonds is 5. The minimum atomic E-state index is -0.0403. The molecule has 3 rings (SSSR count). The van der Waals surface area contributed by atoms with Gasteiger partial charge in [-0.25, -0.2) is 0 Å². The molecule has 0 bridgehead atoms. The zero-order valence-electron chi connectivity index (χ0n) is 13.0. The van der Waals surface area contributed by atoms with E-state index >= 15 is 0 Å². The molecule has 0 radical (unpaired) electrons. The largest absolute Gasteiger partial charge is 0.461 e. The zero-order chi connectivity index (χ0) is 14.7. The van der Waals surface area contributed by atoms with E-state index in [4.69, 9.17) is 4.74 Å². The van der Waals surface area contributed by atoms with Crippen LogP contribution < -0.4 is 0 Å². The monoisotopic (exact) mass is 286 g/mol. The van der Waals surface area contributed by atoms with Crippen molar-refractivity contribution in [3.8, 4) is 0 Å². The van der Waals surface area contributed by atoms with E-state index in [1.807, 2.05) is 30.3 Å². The van der Waals surface area contributed by atoms with E-state index in [1.165, 1.54) is 32.1 Å². The minimum Gasteiger partial charge on any atom is -0.461 e. The molecule has 0 N–H and O–H groups in total. The van der Waals surface area contributed by atoms with Gasteiger partial charge < -0.3 is 4.74 Å². The van der Waals surface area contributed by atoms with Crippen molar-refractivity contribution in [3.05, 3.63) is 35.9 Å². The smallest absolute Gasteiger partial charge is 0.306 e. The SMILES string of the molecule is C[C@@]1(CCC(=O)OCc2ccccc2)CC[C@H]2CCC[C@H]21. The predicted molar refractivity (Wildman–Crippen MR) is 83.6 cm³/mol. The average molecular weight is 286 g/mol. The van der Waals surface area contributed by atoms with Gasteiger partial charge in [0.05, 0.1) is 0 Å². The summed E-state index contributed by atoms with van der Waals surface area (Å²) in [7, 11) is 0. The summed E-state index contributed by atoms with van der Waals surface area (Å²) in [4.78, 5) is 12.0. The Balaban J connectivity index is 1.45. The summed E-state index contributed by atoms with van der Waals surface area (Å²) in [5, 5.41) is 0. The molecule has 1 aromatic carbocycles. The minimum absolute atomic E-state index is 0.0403. The van der Waals surface area contributed by atoms with Crippen molar-refractivity contribution in [3.63, 3.8) is 0 Å². The van der Waals surface area contributed by atoms with Crippen LogP contribution in [0.2, 0.25) is 0 Å². The molecule has 2 heteroatoms. The lowest BCUT2D eigenvalue weighted by Crippen LogP contribution is -2.24. The molecule has 2 aliphatic carbocycles. The van der Waals surface area contributed by atoms with Gasteiger partial charge in [0.1, 0.15) is 6.61 Å². The van der Waals surface area contributed by atoms with E-state index in [1.54, 1.807) is 0 Å². The highest BCUT2D eigenvalue weighted by Gasteiger charge is 2.46. The molecule has 0 spiro atoms. The van der Waals surface area contributed by atoms with E-state index < -0.39 is 0 Å². The van der Waals surface area contributed by atoms with Gasteiger partial charge in [0.15, 0.2) is 0 Å². The van der Waals surface area contributed by atoms with E-state index in [-0.39, 0.29) is 5.97 Å². The average Bonchev–Trinajstić information content (AvgIpc) is 3.09. The topological polar surface area (TPSA) is 26.3 Å². The third kappa shape index (κ3) is 3.30. The number of benzene rings is 1. The quantitative estimate of drug-likeness (QED) is 0.732. The highest BCUT2D eigenvalue weighted by molar-refractivity contribution is 5.69. The molecule has 2 fully saturated rings. The number of hydrogen-bond acceptors (Lipinski definition) is 2. The fraction of sp³-hybridized carbons (Fsp3) is 0.632. The Labute approximate surface area is 127 Å². The molecule has 0 saturated heterocycles. The van der Waals surface area contributed by atoms with Crippen molar-refractivity contribution < 1.29 is 9.53 Å². The fourth-order valence-electron chi connectivity index (χ4n) is 4.51. The maximum atomic E-state index is 12.0. The van der Waals surface area contributed by atoms with Crippen LogP contribution in [-0.2, 0) is 16.1 Å². The van der Waals surface area contributed by atoms with Crippen molar-refractivity contribution in [2.45, 2.75) is 58.5 Å². The molecule has 2 saturated carbocycles. The first-order valence-corrected chi connectivity index (χ1v) is 8.37. The maximum absolute atomic E-state index is 12.0. The van der Waals surface area contributed by atoms with Crippen molar-refractivity contribution in [2.24, 2.45) is 17.3 Å². The van der Waals surface area contributed by atoms with Crippen molar-refractivity contribution in [2.75, 3.05) is 0 Å². The number of hydrogen-bond donors (Lipinski definition) is 0. The van der Waals surface area contributed by atoms with Gasteiger partial charge in [0, 0.05) is 6.42 Å². The maximum Gasteiger partial charge on any atom is 0.306 e. The first-order valence-electron chi connectivity index (χ1n) is 8.37. The van der Waals surface area contributed by atoms with E-state index in [9.17, 15) is 4.79 Å². The Hall–Kier alpha value is -1.31. The number of ether oxygens (including phenoxy) is 1. The van der Waals surface area contributed by atoms with Gasteiger partial charge >= 0.3 is 5.97 Å². The van der Waals surface area contributed by atoms with E-state index in [0.29, 0.717) is 18.4 Å². The molecule has 2 nitrogen and oxygen atoms in total. The molecule has 0 unspecified atom stereocenters. The lowest BCUT2D eigenvalue weighted by Gasteiger charge is -2.31. The lowest BCUT2D eigenvalue weighted by atomic mass is 9.74. The van der Waals surface area contributed by atoms with Gasteiger partial charge in [-0.15, -0.1) is 0 Å². The van der Waals surface area contributed by atoms with Crippen molar-refractivity contribution >= 4 is 5.97 Å². The summed E-state index contributed by atoms with van der Waals surface area (Å²) in [5.74, 6) is 1.76. The Morgan fingerprint density at radius 1 is 1.24 bits per heavy atom. The molecule has 1 aromatic rings. The van der Waals surface area contributed by atoms with Crippen LogP contribution in [0.25, 0.3) is 0 Å². The van der Waals surface area contributed by atoms with Crippen LogP contribution in [0.15, 0.2) is 30.3 Å². The van der Waals surface area contributed by atoms with Gasteiger partial charge in [0.2, 0.25) is 0 Å². The first-order chi connectivity index (χ1) is 10.2. The second kappa shape index (κ2) is 6.21. The molecule has 2 aliphatic rings. The van der Waals surface area contributed by atoms with Gasteiger partial charge in [-0.3, -0.25) is 4.79 Å². The third-order valence-electron chi connectivity index (χ3n) is 5.78. The molecule has 114 valence electrons. The summed E-state index contributed by atoms with van der Waals surface area (Å²) in [6.45, 7) is 2.80. The fourth-order valence-corrected chi connectivity index (χ4v) is 4.51. The Bertz CT molecular complexity index is 482. The van der Waals surface area contributed by atoms with Gasteiger partial charge in [-0.05, 0) is 48.5 Å². The van der Waals surface area contributed by atoms with Crippen LogP contribution >= 0.6 is 0 Å². The first kappa shape index (κ1) is 14.6. The molecular weight excluding hydrogens is 260 g/mol.